The van der Waals surface area contributed by atoms with Gasteiger partial charge in [-0.3, -0.25) is 0 Å². The number of aryl methyl sites for hydroxylation is 6. The third-order valence-corrected chi connectivity index (χ3v) is 10.0. The van der Waals surface area contributed by atoms with Crippen molar-refractivity contribution in [3.8, 4) is 0 Å². The fraction of sp³-hybridized carbons (Fsp3) is 0.216. The van der Waals surface area contributed by atoms with Crippen LogP contribution in [0.4, 0.5) is 28.4 Å². The number of allylic oxidation sites excluding steroid dienone is 3. The largest absolute Gasteiger partial charge is 0.311 e. The summed E-state index contributed by atoms with van der Waals surface area (Å²) in [5, 5.41) is 2.45. The SMILES string of the molecule is CC1=CC(N(c2ccc(/C=C/c3ccc4cc(N(c5cc(C)cc(C)c5)c5cc(C)cc(C)c5)ccc4c3)cc2)c2cc(C)cc(C)c2)=CC(C)(C)C1. The predicted octanol–water partition coefficient (Wildman–Crippen LogP) is 14.7. The van der Waals surface area contributed by atoms with Gasteiger partial charge in [0.25, 0.3) is 0 Å². The molecule has 0 unspecified atom stereocenters. The normalized spacial score (nSPS) is 14.0. The molecule has 1 aliphatic rings. The molecule has 0 saturated heterocycles. The van der Waals surface area contributed by atoms with Gasteiger partial charge < -0.3 is 9.80 Å². The maximum Gasteiger partial charge on any atom is 0.0468 e. The minimum Gasteiger partial charge on any atom is -0.311 e. The molecule has 6 aromatic carbocycles. The number of rotatable bonds is 8. The third kappa shape index (κ3) is 8.23. The van der Waals surface area contributed by atoms with Gasteiger partial charge in [-0.15, -0.1) is 0 Å². The molecule has 7 rings (SSSR count). The Morgan fingerprint density at radius 1 is 0.434 bits per heavy atom. The molecule has 6 aromatic rings. The molecule has 2 heteroatoms. The lowest BCUT2D eigenvalue weighted by Gasteiger charge is -2.34. The second-order valence-corrected chi connectivity index (χ2v) is 16.1. The molecular weight excluding hydrogens is 641 g/mol. The molecule has 0 spiro atoms. The van der Waals surface area contributed by atoms with Gasteiger partial charge in [0.05, 0.1) is 0 Å². The summed E-state index contributed by atoms with van der Waals surface area (Å²) < 4.78 is 0. The molecule has 2 nitrogen and oxygen atoms in total. The second kappa shape index (κ2) is 14.4. The summed E-state index contributed by atoms with van der Waals surface area (Å²) in [4.78, 5) is 4.80. The van der Waals surface area contributed by atoms with Gasteiger partial charge in [0, 0.05) is 34.1 Å². The summed E-state index contributed by atoms with van der Waals surface area (Å²) in [6.45, 7) is 20.0. The molecule has 0 saturated carbocycles. The van der Waals surface area contributed by atoms with Crippen molar-refractivity contribution in [1.29, 1.82) is 0 Å². The van der Waals surface area contributed by atoms with Crippen molar-refractivity contribution in [3.63, 3.8) is 0 Å². The highest BCUT2D eigenvalue weighted by Crippen LogP contribution is 2.41. The lowest BCUT2D eigenvalue weighted by atomic mass is 9.81. The highest BCUT2D eigenvalue weighted by molar-refractivity contribution is 5.91. The molecule has 0 atom stereocenters. The van der Waals surface area contributed by atoms with Crippen molar-refractivity contribution in [2.45, 2.75) is 68.7 Å². The van der Waals surface area contributed by atoms with Crippen LogP contribution in [0.25, 0.3) is 22.9 Å². The predicted molar refractivity (Wildman–Crippen MR) is 231 cm³/mol. The van der Waals surface area contributed by atoms with Crippen molar-refractivity contribution in [2.75, 3.05) is 9.80 Å². The minimum atomic E-state index is 0.106. The first kappa shape index (κ1) is 35.8. The van der Waals surface area contributed by atoms with Crippen molar-refractivity contribution < 1.29 is 0 Å². The van der Waals surface area contributed by atoms with Gasteiger partial charge in [-0.1, -0.05) is 86.2 Å². The minimum absolute atomic E-state index is 0.106. The van der Waals surface area contributed by atoms with Crippen LogP contribution in [0.2, 0.25) is 0 Å². The Morgan fingerprint density at radius 2 is 0.868 bits per heavy atom. The molecule has 0 amide bonds. The number of benzene rings is 6. The van der Waals surface area contributed by atoms with E-state index >= 15 is 0 Å². The van der Waals surface area contributed by atoms with Crippen LogP contribution < -0.4 is 9.80 Å². The van der Waals surface area contributed by atoms with Crippen LogP contribution >= 0.6 is 0 Å². The topological polar surface area (TPSA) is 6.48 Å². The molecular formula is C51H52N2. The lowest BCUT2D eigenvalue weighted by Crippen LogP contribution is -2.22. The summed E-state index contributed by atoms with van der Waals surface area (Å²) in [7, 11) is 0. The average Bonchev–Trinajstić information content (AvgIpc) is 3.06. The first-order valence-electron chi connectivity index (χ1n) is 18.9. The molecule has 53 heavy (non-hydrogen) atoms. The van der Waals surface area contributed by atoms with Crippen molar-refractivity contribution in [3.05, 3.63) is 183 Å². The Bertz CT molecular complexity index is 2310. The summed E-state index contributed by atoms with van der Waals surface area (Å²) in [6, 6.07) is 43.0. The molecule has 0 bridgehead atoms. The zero-order valence-corrected chi connectivity index (χ0v) is 32.9. The van der Waals surface area contributed by atoms with Crippen LogP contribution in [0.3, 0.4) is 0 Å². The average molecular weight is 693 g/mol. The van der Waals surface area contributed by atoms with Crippen LogP contribution in [0.1, 0.15) is 71.7 Å². The maximum atomic E-state index is 2.43. The van der Waals surface area contributed by atoms with E-state index in [4.69, 9.17) is 0 Å². The summed E-state index contributed by atoms with van der Waals surface area (Å²) in [5.41, 5.74) is 18.6. The van der Waals surface area contributed by atoms with Crippen LogP contribution in [-0.2, 0) is 0 Å². The van der Waals surface area contributed by atoms with E-state index in [0.29, 0.717) is 0 Å². The van der Waals surface area contributed by atoms with E-state index in [1.807, 2.05) is 0 Å². The van der Waals surface area contributed by atoms with Crippen LogP contribution in [0, 0.1) is 47.0 Å². The van der Waals surface area contributed by atoms with Gasteiger partial charge >= 0.3 is 0 Å². The monoisotopic (exact) mass is 692 g/mol. The molecule has 0 heterocycles. The Morgan fingerprint density at radius 3 is 1.40 bits per heavy atom. The van der Waals surface area contributed by atoms with Gasteiger partial charge in [0.1, 0.15) is 0 Å². The Kier molecular flexibility index (Phi) is 9.75. The fourth-order valence-corrected chi connectivity index (χ4v) is 8.20. The molecule has 0 aliphatic heterocycles. The number of fused-ring (bicyclic) bond motifs is 1. The number of hydrogen-bond donors (Lipinski definition) is 0. The van der Waals surface area contributed by atoms with Gasteiger partial charge in [-0.25, -0.2) is 0 Å². The van der Waals surface area contributed by atoms with E-state index < -0.39 is 0 Å². The van der Waals surface area contributed by atoms with Gasteiger partial charge in [-0.05, 0) is 188 Å². The summed E-state index contributed by atoms with van der Waals surface area (Å²) in [5.74, 6) is 0. The molecule has 1 aliphatic carbocycles. The summed E-state index contributed by atoms with van der Waals surface area (Å²) >= 11 is 0. The van der Waals surface area contributed by atoms with Gasteiger partial charge in [0.15, 0.2) is 0 Å². The Labute approximate surface area is 317 Å². The Balaban J connectivity index is 1.18. The first-order chi connectivity index (χ1) is 25.3. The van der Waals surface area contributed by atoms with E-state index in [1.54, 1.807) is 0 Å². The molecule has 0 fully saturated rings. The van der Waals surface area contributed by atoms with E-state index in [1.165, 1.54) is 83.6 Å². The fourth-order valence-electron chi connectivity index (χ4n) is 8.20. The number of anilines is 5. The number of nitrogens with zero attached hydrogens (tertiary/aromatic N) is 2. The van der Waals surface area contributed by atoms with Crippen LogP contribution in [0.5, 0.6) is 0 Å². The second-order valence-electron chi connectivity index (χ2n) is 16.1. The van der Waals surface area contributed by atoms with E-state index in [9.17, 15) is 0 Å². The van der Waals surface area contributed by atoms with Crippen LogP contribution in [0.15, 0.2) is 139 Å². The highest BCUT2D eigenvalue weighted by Gasteiger charge is 2.25. The zero-order valence-electron chi connectivity index (χ0n) is 32.9. The van der Waals surface area contributed by atoms with Crippen molar-refractivity contribution in [1.82, 2.24) is 0 Å². The smallest absolute Gasteiger partial charge is 0.0468 e. The number of hydrogen-bond acceptors (Lipinski definition) is 2. The van der Waals surface area contributed by atoms with Gasteiger partial charge in [-0.2, -0.15) is 0 Å². The van der Waals surface area contributed by atoms with Crippen molar-refractivity contribution in [2.24, 2.45) is 5.41 Å². The Hall–Kier alpha value is -5.60. The third-order valence-electron chi connectivity index (χ3n) is 10.0. The molecule has 0 N–H and O–H groups in total. The van der Waals surface area contributed by atoms with Crippen LogP contribution in [-0.4, -0.2) is 0 Å². The summed E-state index contributed by atoms with van der Waals surface area (Å²) in [6.07, 6.45) is 10.3. The van der Waals surface area contributed by atoms with E-state index in [0.717, 1.165) is 17.8 Å². The first-order valence-corrected chi connectivity index (χ1v) is 18.9. The highest BCUT2D eigenvalue weighted by atomic mass is 15.2. The van der Waals surface area contributed by atoms with Crippen molar-refractivity contribution >= 4 is 51.4 Å². The molecule has 0 aromatic heterocycles. The quantitative estimate of drug-likeness (QED) is 0.147. The standard InChI is InChI=1S/C51H52N2/c1-34-20-35(2)24-47(23-34)52(50-29-40(7)32-51(8,9)33-50)45-17-13-41(14-18-45)10-11-42-12-15-44-31-46(19-16-43(44)30-42)53(48-25-36(3)21-37(4)26-48)49-27-38(5)22-39(6)28-49/h10-31,33H,32H2,1-9H3/b11-10+. The lowest BCUT2D eigenvalue weighted by molar-refractivity contribution is 0.465. The molecule has 266 valence electrons. The van der Waals surface area contributed by atoms with Gasteiger partial charge in [0.2, 0.25) is 0 Å². The van der Waals surface area contributed by atoms with E-state index in [2.05, 4.69) is 212 Å². The zero-order chi connectivity index (χ0) is 37.4. The van der Waals surface area contributed by atoms with E-state index in [-0.39, 0.29) is 5.41 Å². The maximum absolute atomic E-state index is 2.43. The molecule has 0 radical (unpaired) electrons.